The van der Waals surface area contributed by atoms with E-state index in [4.69, 9.17) is 4.74 Å². The molecule has 0 radical (unpaired) electrons. The number of hydrogen-bond donors (Lipinski definition) is 1. The van der Waals surface area contributed by atoms with Gasteiger partial charge in [0.25, 0.3) is 0 Å². The van der Waals surface area contributed by atoms with Gasteiger partial charge in [-0.1, -0.05) is 18.2 Å². The number of benzene rings is 1. The largest absolute Gasteiger partial charge is 0.474 e. The van der Waals surface area contributed by atoms with Gasteiger partial charge in [0.15, 0.2) is 0 Å². The Kier molecular flexibility index (Phi) is 4.93. The smallest absolute Gasteiger partial charge is 0.214 e. The fraction of sp³-hybridized carbons (Fsp3) is 0.300. The lowest BCUT2D eigenvalue weighted by molar-refractivity contribution is 0.156. The van der Waals surface area contributed by atoms with E-state index in [1.807, 2.05) is 36.5 Å². The molecule has 2 aromatic heterocycles. The summed E-state index contributed by atoms with van der Waals surface area (Å²) in [6.45, 7) is 2.34. The zero-order valence-corrected chi connectivity index (χ0v) is 14.4. The SMILES string of the molecule is Fc1cc(-c2cccc(OC3CCNCC3)n2)ccc1Cn1cccn1. The highest BCUT2D eigenvalue weighted by atomic mass is 19.1. The second-order valence-corrected chi connectivity index (χ2v) is 6.44. The van der Waals surface area contributed by atoms with Crippen molar-refractivity contribution in [3.05, 3.63) is 66.2 Å². The van der Waals surface area contributed by atoms with Gasteiger partial charge in [-0.25, -0.2) is 9.37 Å². The third-order valence-electron chi connectivity index (χ3n) is 4.54. The molecular formula is C20H21FN4O. The van der Waals surface area contributed by atoms with Crippen LogP contribution in [0.4, 0.5) is 4.39 Å². The number of aromatic nitrogens is 3. The Bertz CT molecular complexity index is 860. The summed E-state index contributed by atoms with van der Waals surface area (Å²) in [5.74, 6) is 0.333. The molecule has 1 N–H and O–H groups in total. The molecule has 1 aliphatic rings. The summed E-state index contributed by atoms with van der Waals surface area (Å²) >= 11 is 0. The van der Waals surface area contributed by atoms with E-state index in [9.17, 15) is 4.39 Å². The maximum Gasteiger partial charge on any atom is 0.214 e. The molecule has 1 aliphatic heterocycles. The van der Waals surface area contributed by atoms with Crippen molar-refractivity contribution < 1.29 is 9.13 Å². The molecule has 0 atom stereocenters. The first kappa shape index (κ1) is 16.7. The Balaban J connectivity index is 1.51. The van der Waals surface area contributed by atoms with E-state index in [1.54, 1.807) is 16.9 Å². The summed E-state index contributed by atoms with van der Waals surface area (Å²) in [7, 11) is 0. The molecule has 0 unspecified atom stereocenters. The number of halogens is 1. The molecule has 5 nitrogen and oxygen atoms in total. The first-order chi connectivity index (χ1) is 12.8. The quantitative estimate of drug-likeness (QED) is 0.766. The van der Waals surface area contributed by atoms with Gasteiger partial charge in [0.1, 0.15) is 11.9 Å². The minimum Gasteiger partial charge on any atom is -0.474 e. The molecule has 0 bridgehead atoms. The van der Waals surface area contributed by atoms with Crippen LogP contribution >= 0.6 is 0 Å². The van der Waals surface area contributed by atoms with Crippen molar-refractivity contribution in [2.75, 3.05) is 13.1 Å². The number of nitrogens with one attached hydrogen (secondary N) is 1. The van der Waals surface area contributed by atoms with Crippen LogP contribution in [-0.2, 0) is 6.54 Å². The summed E-state index contributed by atoms with van der Waals surface area (Å²) in [5, 5.41) is 7.43. The van der Waals surface area contributed by atoms with E-state index in [0.29, 0.717) is 23.7 Å². The number of hydrogen-bond acceptors (Lipinski definition) is 4. The molecule has 134 valence electrons. The monoisotopic (exact) mass is 352 g/mol. The van der Waals surface area contributed by atoms with Crippen molar-refractivity contribution in [3.63, 3.8) is 0 Å². The van der Waals surface area contributed by atoms with E-state index in [0.717, 1.165) is 31.5 Å². The Morgan fingerprint density at radius 1 is 1.15 bits per heavy atom. The van der Waals surface area contributed by atoms with Crippen molar-refractivity contribution in [3.8, 4) is 17.1 Å². The highest BCUT2D eigenvalue weighted by molar-refractivity contribution is 5.60. The fourth-order valence-corrected chi connectivity index (χ4v) is 3.13. The predicted octanol–water partition coefficient (Wildman–Crippen LogP) is 3.26. The second-order valence-electron chi connectivity index (χ2n) is 6.44. The Labute approximate surface area is 151 Å². The topological polar surface area (TPSA) is 52.0 Å². The number of ether oxygens (including phenoxy) is 1. The number of pyridine rings is 1. The molecule has 0 aliphatic carbocycles. The average molecular weight is 352 g/mol. The highest BCUT2D eigenvalue weighted by Crippen LogP contribution is 2.24. The van der Waals surface area contributed by atoms with E-state index < -0.39 is 0 Å². The van der Waals surface area contributed by atoms with Crippen LogP contribution in [-0.4, -0.2) is 34.0 Å². The van der Waals surface area contributed by atoms with Gasteiger partial charge in [-0.2, -0.15) is 5.10 Å². The Hall–Kier alpha value is -2.73. The fourth-order valence-electron chi connectivity index (χ4n) is 3.13. The zero-order valence-electron chi connectivity index (χ0n) is 14.4. The van der Waals surface area contributed by atoms with Crippen molar-refractivity contribution >= 4 is 0 Å². The molecule has 3 heterocycles. The predicted molar refractivity (Wildman–Crippen MR) is 97.5 cm³/mol. The van der Waals surface area contributed by atoms with Crippen molar-refractivity contribution in [2.24, 2.45) is 0 Å². The normalized spacial score (nSPS) is 15.1. The van der Waals surface area contributed by atoms with Crippen molar-refractivity contribution in [1.82, 2.24) is 20.1 Å². The van der Waals surface area contributed by atoms with Crippen molar-refractivity contribution in [2.45, 2.75) is 25.5 Å². The van der Waals surface area contributed by atoms with E-state index in [1.165, 1.54) is 6.07 Å². The van der Waals surface area contributed by atoms with Crippen molar-refractivity contribution in [1.29, 1.82) is 0 Å². The van der Waals surface area contributed by atoms with Crippen LogP contribution in [0.5, 0.6) is 5.88 Å². The van der Waals surface area contributed by atoms with Crippen LogP contribution in [0.2, 0.25) is 0 Å². The molecule has 0 saturated carbocycles. The van der Waals surface area contributed by atoms with Crippen LogP contribution in [0.25, 0.3) is 11.3 Å². The summed E-state index contributed by atoms with van der Waals surface area (Å²) in [6.07, 6.45) is 5.64. The molecule has 1 fully saturated rings. The summed E-state index contributed by atoms with van der Waals surface area (Å²) in [4.78, 5) is 4.56. The van der Waals surface area contributed by atoms with Crippen LogP contribution in [0.3, 0.4) is 0 Å². The second kappa shape index (κ2) is 7.66. The first-order valence-corrected chi connectivity index (χ1v) is 8.88. The number of piperidine rings is 1. The van der Waals surface area contributed by atoms with Crippen LogP contribution in [0.15, 0.2) is 54.9 Å². The molecule has 1 saturated heterocycles. The van der Waals surface area contributed by atoms with Gasteiger partial charge in [-0.05, 0) is 44.1 Å². The minimum atomic E-state index is -0.260. The van der Waals surface area contributed by atoms with Gasteiger partial charge in [-0.15, -0.1) is 0 Å². The van der Waals surface area contributed by atoms with Gasteiger partial charge in [0, 0.05) is 29.6 Å². The lowest BCUT2D eigenvalue weighted by atomic mass is 10.1. The van der Waals surface area contributed by atoms with Crippen LogP contribution < -0.4 is 10.1 Å². The maximum atomic E-state index is 14.5. The van der Waals surface area contributed by atoms with Gasteiger partial charge < -0.3 is 10.1 Å². The van der Waals surface area contributed by atoms with E-state index >= 15 is 0 Å². The van der Waals surface area contributed by atoms with Gasteiger partial charge in [-0.3, -0.25) is 4.68 Å². The lowest BCUT2D eigenvalue weighted by Crippen LogP contribution is -2.34. The summed E-state index contributed by atoms with van der Waals surface area (Å²) in [6, 6.07) is 12.6. The lowest BCUT2D eigenvalue weighted by Gasteiger charge is -2.23. The minimum absolute atomic E-state index is 0.187. The Morgan fingerprint density at radius 2 is 2.04 bits per heavy atom. The molecule has 6 heteroatoms. The Morgan fingerprint density at radius 3 is 2.81 bits per heavy atom. The molecule has 26 heavy (non-hydrogen) atoms. The molecule has 4 rings (SSSR count). The maximum absolute atomic E-state index is 14.5. The molecule has 3 aromatic rings. The van der Waals surface area contributed by atoms with Gasteiger partial charge in [0.2, 0.25) is 5.88 Å². The summed E-state index contributed by atoms with van der Waals surface area (Å²) in [5.41, 5.74) is 2.04. The standard InChI is InChI=1S/C20H21FN4O/c21-18-13-15(5-6-16(18)14-25-12-2-9-23-25)19-3-1-4-20(24-19)26-17-7-10-22-11-8-17/h1-6,9,12-13,17,22H,7-8,10-11,14H2. The number of rotatable bonds is 5. The van der Waals surface area contributed by atoms with E-state index in [2.05, 4.69) is 15.4 Å². The first-order valence-electron chi connectivity index (χ1n) is 8.88. The van der Waals surface area contributed by atoms with Crippen LogP contribution in [0.1, 0.15) is 18.4 Å². The van der Waals surface area contributed by atoms with Crippen LogP contribution in [0, 0.1) is 5.82 Å². The zero-order chi connectivity index (χ0) is 17.8. The van der Waals surface area contributed by atoms with E-state index in [-0.39, 0.29) is 11.9 Å². The van der Waals surface area contributed by atoms with Gasteiger partial charge in [0.05, 0.1) is 12.2 Å². The molecule has 1 aromatic carbocycles. The average Bonchev–Trinajstić information content (AvgIpc) is 3.18. The summed E-state index contributed by atoms with van der Waals surface area (Å²) < 4.78 is 22.2. The number of nitrogens with zero attached hydrogens (tertiary/aromatic N) is 3. The third kappa shape index (κ3) is 3.91. The highest BCUT2D eigenvalue weighted by Gasteiger charge is 2.15. The van der Waals surface area contributed by atoms with Gasteiger partial charge >= 0.3 is 0 Å². The molecular weight excluding hydrogens is 331 g/mol. The molecule has 0 amide bonds. The third-order valence-corrected chi connectivity index (χ3v) is 4.54. The molecule has 0 spiro atoms.